The van der Waals surface area contributed by atoms with E-state index in [1.807, 2.05) is 26.0 Å². The summed E-state index contributed by atoms with van der Waals surface area (Å²) in [5.41, 5.74) is 7.27. The monoisotopic (exact) mass is 358 g/mol. The number of carbonyl (C=O) groups is 2. The summed E-state index contributed by atoms with van der Waals surface area (Å²) < 4.78 is 13.9. The zero-order valence-corrected chi connectivity index (χ0v) is 15.7. The summed E-state index contributed by atoms with van der Waals surface area (Å²) in [6.07, 6.45) is 4.63. The standard InChI is InChI=1S/C21H27FN2O2/c1-21(2)12-13(11-18(23)19(21)25)9-10-24(3)20(26)16-8-7-15-14(16)5-4-6-17(15)22/h4-6,11,13,16H,7-10,12,23H2,1-3H3. The topological polar surface area (TPSA) is 63.4 Å². The van der Waals surface area contributed by atoms with Gasteiger partial charge in [0.2, 0.25) is 5.91 Å². The maximum Gasteiger partial charge on any atom is 0.229 e. The van der Waals surface area contributed by atoms with Gasteiger partial charge in [0, 0.05) is 19.0 Å². The molecule has 0 saturated carbocycles. The minimum absolute atomic E-state index is 0.00257. The van der Waals surface area contributed by atoms with Gasteiger partial charge in [0.25, 0.3) is 0 Å². The number of Topliss-reactive ketones (excluding diaryl/α,β-unsaturated/α-hetero) is 1. The molecule has 2 aliphatic rings. The van der Waals surface area contributed by atoms with Crippen molar-refractivity contribution in [1.82, 2.24) is 4.90 Å². The van der Waals surface area contributed by atoms with Crippen molar-refractivity contribution in [2.75, 3.05) is 13.6 Å². The number of halogens is 1. The van der Waals surface area contributed by atoms with Gasteiger partial charge in [-0.15, -0.1) is 0 Å². The molecule has 1 amide bonds. The lowest BCUT2D eigenvalue weighted by Gasteiger charge is -2.33. The summed E-state index contributed by atoms with van der Waals surface area (Å²) in [6.45, 7) is 4.43. The highest BCUT2D eigenvalue weighted by Crippen LogP contribution is 2.37. The fourth-order valence-corrected chi connectivity index (χ4v) is 4.31. The highest BCUT2D eigenvalue weighted by Gasteiger charge is 2.36. The van der Waals surface area contributed by atoms with Crippen molar-refractivity contribution in [3.8, 4) is 0 Å². The van der Waals surface area contributed by atoms with E-state index in [1.54, 1.807) is 18.0 Å². The van der Waals surface area contributed by atoms with Crippen LogP contribution in [0.2, 0.25) is 0 Å². The first kappa shape index (κ1) is 18.6. The smallest absolute Gasteiger partial charge is 0.229 e. The molecule has 0 heterocycles. The van der Waals surface area contributed by atoms with Crippen LogP contribution in [0, 0.1) is 17.2 Å². The van der Waals surface area contributed by atoms with E-state index in [4.69, 9.17) is 5.73 Å². The fraction of sp³-hybridized carbons (Fsp3) is 0.524. The van der Waals surface area contributed by atoms with E-state index in [-0.39, 0.29) is 29.3 Å². The largest absolute Gasteiger partial charge is 0.396 e. The number of fused-ring (bicyclic) bond motifs is 1. The van der Waals surface area contributed by atoms with Crippen LogP contribution in [-0.2, 0) is 16.0 Å². The first-order valence-electron chi connectivity index (χ1n) is 9.25. The summed E-state index contributed by atoms with van der Waals surface area (Å²) in [5.74, 6) is -0.239. The van der Waals surface area contributed by atoms with E-state index in [0.29, 0.717) is 30.6 Å². The van der Waals surface area contributed by atoms with E-state index in [0.717, 1.165) is 18.4 Å². The predicted molar refractivity (Wildman–Crippen MR) is 98.9 cm³/mol. The van der Waals surface area contributed by atoms with E-state index in [9.17, 15) is 14.0 Å². The molecule has 0 bridgehead atoms. The molecule has 0 saturated heterocycles. The Morgan fingerprint density at radius 2 is 2.12 bits per heavy atom. The van der Waals surface area contributed by atoms with Gasteiger partial charge in [0.05, 0.1) is 11.6 Å². The Morgan fingerprint density at radius 1 is 1.38 bits per heavy atom. The number of nitrogens with two attached hydrogens (primary N) is 1. The predicted octanol–water partition coefficient (Wildman–Crippen LogP) is 3.16. The molecule has 2 unspecified atom stereocenters. The Bertz CT molecular complexity index is 769. The van der Waals surface area contributed by atoms with Crippen LogP contribution in [0.4, 0.5) is 4.39 Å². The number of rotatable bonds is 4. The molecular formula is C21H27FN2O2. The lowest BCUT2D eigenvalue weighted by molar-refractivity contribution is -0.132. The third-order valence-electron chi connectivity index (χ3n) is 5.79. The molecule has 0 radical (unpaired) electrons. The lowest BCUT2D eigenvalue weighted by atomic mass is 9.73. The van der Waals surface area contributed by atoms with Gasteiger partial charge in [0.1, 0.15) is 5.82 Å². The van der Waals surface area contributed by atoms with Crippen LogP contribution in [0.15, 0.2) is 30.0 Å². The molecule has 5 heteroatoms. The van der Waals surface area contributed by atoms with Gasteiger partial charge in [-0.1, -0.05) is 32.1 Å². The van der Waals surface area contributed by atoms with E-state index >= 15 is 0 Å². The number of amides is 1. The summed E-state index contributed by atoms with van der Waals surface area (Å²) in [5, 5.41) is 0. The third kappa shape index (κ3) is 3.39. The van der Waals surface area contributed by atoms with Gasteiger partial charge in [-0.25, -0.2) is 4.39 Å². The average molecular weight is 358 g/mol. The highest BCUT2D eigenvalue weighted by atomic mass is 19.1. The maximum atomic E-state index is 13.9. The molecule has 2 N–H and O–H groups in total. The minimum Gasteiger partial charge on any atom is -0.396 e. The lowest BCUT2D eigenvalue weighted by Crippen LogP contribution is -2.37. The number of ketones is 1. The molecule has 26 heavy (non-hydrogen) atoms. The molecule has 140 valence electrons. The van der Waals surface area contributed by atoms with E-state index in [2.05, 4.69) is 0 Å². The van der Waals surface area contributed by atoms with Gasteiger partial charge in [-0.2, -0.15) is 0 Å². The first-order chi connectivity index (χ1) is 12.2. The molecular weight excluding hydrogens is 331 g/mol. The quantitative estimate of drug-likeness (QED) is 0.899. The number of benzene rings is 1. The van der Waals surface area contributed by atoms with E-state index < -0.39 is 5.41 Å². The molecule has 1 aromatic carbocycles. The van der Waals surface area contributed by atoms with E-state index in [1.165, 1.54) is 6.07 Å². The molecule has 2 aliphatic carbocycles. The number of nitrogens with zero attached hydrogens (tertiary/aromatic N) is 1. The minimum atomic E-state index is -0.450. The molecule has 3 rings (SSSR count). The average Bonchev–Trinajstić information content (AvgIpc) is 3.02. The number of hydrogen-bond donors (Lipinski definition) is 1. The number of carbonyl (C=O) groups excluding carboxylic acids is 2. The van der Waals surface area contributed by atoms with Gasteiger partial charge in [0.15, 0.2) is 5.78 Å². The molecule has 0 spiro atoms. The van der Waals surface area contributed by atoms with Crippen LogP contribution in [0.1, 0.15) is 50.2 Å². The van der Waals surface area contributed by atoms with Crippen molar-refractivity contribution in [2.24, 2.45) is 17.1 Å². The Balaban J connectivity index is 1.63. The SMILES string of the molecule is CN(CCC1C=C(N)C(=O)C(C)(C)C1)C(=O)C1CCc2c(F)cccc21. The van der Waals surface area contributed by atoms with Gasteiger partial charge < -0.3 is 10.6 Å². The number of likely N-dealkylation sites (N-methyl/N-ethyl adjacent to an activating group) is 1. The highest BCUT2D eigenvalue weighted by molar-refractivity contribution is 5.99. The van der Waals surface area contributed by atoms with Gasteiger partial charge in [-0.3, -0.25) is 9.59 Å². The zero-order valence-electron chi connectivity index (χ0n) is 15.7. The summed E-state index contributed by atoms with van der Waals surface area (Å²) >= 11 is 0. The first-order valence-corrected chi connectivity index (χ1v) is 9.25. The molecule has 2 atom stereocenters. The van der Waals surface area contributed by atoms with Crippen molar-refractivity contribution < 1.29 is 14.0 Å². The van der Waals surface area contributed by atoms with Crippen LogP contribution in [0.3, 0.4) is 0 Å². The zero-order chi connectivity index (χ0) is 19.1. The van der Waals surface area contributed by atoms with Crippen LogP contribution < -0.4 is 5.73 Å². The molecule has 4 nitrogen and oxygen atoms in total. The third-order valence-corrected chi connectivity index (χ3v) is 5.79. The van der Waals surface area contributed by atoms with Crippen LogP contribution in [0.5, 0.6) is 0 Å². The summed E-state index contributed by atoms with van der Waals surface area (Å²) in [4.78, 5) is 26.6. The summed E-state index contributed by atoms with van der Waals surface area (Å²) in [7, 11) is 1.80. The number of hydrogen-bond acceptors (Lipinski definition) is 3. The van der Waals surface area contributed by atoms with Gasteiger partial charge >= 0.3 is 0 Å². The molecule has 1 aromatic rings. The Morgan fingerprint density at radius 3 is 2.81 bits per heavy atom. The number of allylic oxidation sites excluding steroid dienone is 2. The maximum absolute atomic E-state index is 13.9. The van der Waals surface area contributed by atoms with Crippen molar-refractivity contribution in [1.29, 1.82) is 0 Å². The normalized spacial score (nSPS) is 24.2. The second-order valence-electron chi connectivity index (χ2n) is 8.25. The van der Waals surface area contributed by atoms with Crippen molar-refractivity contribution in [2.45, 2.75) is 45.4 Å². The molecule has 0 aliphatic heterocycles. The Hall–Kier alpha value is -2.17. The Kier molecular flexibility index (Phi) is 4.91. The second kappa shape index (κ2) is 6.86. The van der Waals surface area contributed by atoms with Crippen LogP contribution in [-0.4, -0.2) is 30.2 Å². The van der Waals surface area contributed by atoms with Crippen molar-refractivity contribution in [3.05, 3.63) is 46.9 Å². The van der Waals surface area contributed by atoms with Crippen LogP contribution in [0.25, 0.3) is 0 Å². The van der Waals surface area contributed by atoms with Crippen molar-refractivity contribution in [3.63, 3.8) is 0 Å². The Labute approximate surface area is 154 Å². The van der Waals surface area contributed by atoms with Crippen LogP contribution >= 0.6 is 0 Å². The van der Waals surface area contributed by atoms with Crippen molar-refractivity contribution >= 4 is 11.7 Å². The summed E-state index contributed by atoms with van der Waals surface area (Å²) in [6, 6.07) is 4.99. The molecule has 0 fully saturated rings. The molecule has 0 aromatic heterocycles. The fourth-order valence-electron chi connectivity index (χ4n) is 4.31. The van der Waals surface area contributed by atoms with Gasteiger partial charge in [-0.05, 0) is 48.8 Å². The second-order valence-corrected chi connectivity index (χ2v) is 8.25.